The van der Waals surface area contributed by atoms with Crippen molar-refractivity contribution in [3.05, 3.63) is 53.6 Å². The average Bonchev–Trinajstić information content (AvgIpc) is 3.10. The Bertz CT molecular complexity index is 794. The minimum absolute atomic E-state index is 0.0178. The van der Waals surface area contributed by atoms with Gasteiger partial charge in [0.1, 0.15) is 5.82 Å². The summed E-state index contributed by atoms with van der Waals surface area (Å²) in [6, 6.07) is 7.75. The Balaban J connectivity index is 1.84. The van der Waals surface area contributed by atoms with Crippen LogP contribution in [0.25, 0.3) is 0 Å². The summed E-state index contributed by atoms with van der Waals surface area (Å²) in [5.74, 6) is 2.32. The van der Waals surface area contributed by atoms with E-state index in [9.17, 15) is 4.79 Å². The van der Waals surface area contributed by atoms with Crippen molar-refractivity contribution in [3.63, 3.8) is 0 Å². The summed E-state index contributed by atoms with van der Waals surface area (Å²) in [5.41, 5.74) is 1.82. The van der Waals surface area contributed by atoms with E-state index in [1.54, 1.807) is 26.0 Å². The van der Waals surface area contributed by atoms with Crippen LogP contribution in [0.4, 0.5) is 0 Å². The molecule has 0 atom stereocenters. The maximum Gasteiger partial charge on any atom is 0.253 e. The molecule has 0 saturated carbocycles. The number of carbonyl (C=O) groups excluding carboxylic acids is 1. The Morgan fingerprint density at radius 1 is 1.29 bits per heavy atom. The maximum absolute atomic E-state index is 12.1. The van der Waals surface area contributed by atoms with Crippen molar-refractivity contribution in [1.82, 2.24) is 25.1 Å². The number of imidazole rings is 1. The molecule has 2 N–H and O–H groups in total. The molecule has 1 amide bonds. The van der Waals surface area contributed by atoms with Gasteiger partial charge in [-0.2, -0.15) is 0 Å². The predicted molar refractivity (Wildman–Crippen MR) is 113 cm³/mol. The fourth-order valence-corrected chi connectivity index (χ4v) is 2.89. The van der Waals surface area contributed by atoms with Gasteiger partial charge in [0.05, 0.1) is 6.54 Å². The molecule has 1 aromatic carbocycles. The van der Waals surface area contributed by atoms with Gasteiger partial charge in [0.15, 0.2) is 5.96 Å². The third-order valence-electron chi connectivity index (χ3n) is 4.29. The van der Waals surface area contributed by atoms with E-state index < -0.39 is 0 Å². The van der Waals surface area contributed by atoms with Crippen LogP contribution in [0.2, 0.25) is 0 Å². The van der Waals surface area contributed by atoms with Crippen LogP contribution in [0.1, 0.15) is 35.6 Å². The second kappa shape index (κ2) is 10.5. The molecular weight excluding hydrogens is 352 g/mol. The van der Waals surface area contributed by atoms with E-state index in [0.717, 1.165) is 36.9 Å². The maximum atomic E-state index is 12.1. The molecule has 0 spiro atoms. The quantitative estimate of drug-likeness (QED) is 0.540. The number of rotatable bonds is 8. The number of amides is 1. The lowest BCUT2D eigenvalue weighted by atomic mass is 10.1. The number of nitrogens with zero attached hydrogens (tertiary/aromatic N) is 4. The van der Waals surface area contributed by atoms with Crippen LogP contribution < -0.4 is 10.6 Å². The molecule has 28 heavy (non-hydrogen) atoms. The largest absolute Gasteiger partial charge is 0.356 e. The van der Waals surface area contributed by atoms with Crippen LogP contribution in [-0.2, 0) is 19.5 Å². The standard InChI is InChI=1S/C21H32N6O/c1-16(2)15-27-12-11-23-19(27)14-25-21(22-3)24-10-9-17-7-6-8-18(13-17)20(28)26(4)5/h6-8,11-13,16H,9-10,14-15H2,1-5H3,(H2,22,24,25). The second-order valence-corrected chi connectivity index (χ2v) is 7.39. The molecule has 0 fully saturated rings. The summed E-state index contributed by atoms with van der Waals surface area (Å²) in [5, 5.41) is 6.63. The summed E-state index contributed by atoms with van der Waals surface area (Å²) in [6.07, 6.45) is 4.64. The number of aliphatic imine (C=N–C) groups is 1. The predicted octanol–water partition coefficient (Wildman–Crippen LogP) is 2.15. The highest BCUT2D eigenvalue weighted by Gasteiger charge is 2.09. The van der Waals surface area contributed by atoms with Crippen molar-refractivity contribution >= 4 is 11.9 Å². The molecule has 0 aliphatic rings. The number of aromatic nitrogens is 2. The van der Waals surface area contributed by atoms with Crippen molar-refractivity contribution in [2.45, 2.75) is 33.4 Å². The zero-order valence-corrected chi connectivity index (χ0v) is 17.6. The summed E-state index contributed by atoms with van der Waals surface area (Å²) in [4.78, 5) is 22.4. The number of hydrogen-bond acceptors (Lipinski definition) is 3. The first kappa shape index (κ1) is 21.5. The van der Waals surface area contributed by atoms with E-state index in [4.69, 9.17) is 0 Å². The third-order valence-corrected chi connectivity index (χ3v) is 4.29. The molecule has 7 heteroatoms. The topological polar surface area (TPSA) is 74.6 Å². The average molecular weight is 385 g/mol. The van der Waals surface area contributed by atoms with Crippen molar-refractivity contribution in [1.29, 1.82) is 0 Å². The molecule has 2 rings (SSSR count). The van der Waals surface area contributed by atoms with Crippen molar-refractivity contribution in [2.75, 3.05) is 27.7 Å². The number of benzene rings is 1. The fraction of sp³-hybridized carbons (Fsp3) is 0.476. The van der Waals surface area contributed by atoms with Crippen LogP contribution in [0, 0.1) is 5.92 Å². The summed E-state index contributed by atoms with van der Waals surface area (Å²) >= 11 is 0. The Labute approximate surface area is 167 Å². The van der Waals surface area contributed by atoms with E-state index in [2.05, 4.69) is 39.0 Å². The van der Waals surface area contributed by atoms with Crippen LogP contribution in [0.5, 0.6) is 0 Å². The summed E-state index contributed by atoms with van der Waals surface area (Å²) < 4.78 is 2.16. The van der Waals surface area contributed by atoms with Gasteiger partial charge in [-0.05, 0) is 30.0 Å². The van der Waals surface area contributed by atoms with E-state index in [-0.39, 0.29) is 5.91 Å². The molecule has 0 aliphatic carbocycles. The van der Waals surface area contributed by atoms with Crippen molar-refractivity contribution in [3.8, 4) is 0 Å². The van der Waals surface area contributed by atoms with E-state index >= 15 is 0 Å². The van der Waals surface area contributed by atoms with Gasteiger partial charge in [0, 0.05) is 52.2 Å². The zero-order chi connectivity index (χ0) is 20.5. The molecule has 152 valence electrons. The van der Waals surface area contributed by atoms with Gasteiger partial charge in [-0.1, -0.05) is 26.0 Å². The Hall–Kier alpha value is -2.83. The molecule has 1 aromatic heterocycles. The van der Waals surface area contributed by atoms with Gasteiger partial charge in [-0.3, -0.25) is 9.79 Å². The van der Waals surface area contributed by atoms with Gasteiger partial charge in [0.2, 0.25) is 0 Å². The van der Waals surface area contributed by atoms with Crippen molar-refractivity contribution in [2.24, 2.45) is 10.9 Å². The monoisotopic (exact) mass is 384 g/mol. The highest BCUT2D eigenvalue weighted by Crippen LogP contribution is 2.08. The van der Waals surface area contributed by atoms with Crippen LogP contribution >= 0.6 is 0 Å². The van der Waals surface area contributed by atoms with Gasteiger partial charge in [0.25, 0.3) is 5.91 Å². The lowest BCUT2D eigenvalue weighted by Gasteiger charge is -2.14. The Kier molecular flexibility index (Phi) is 8.04. The second-order valence-electron chi connectivity index (χ2n) is 7.39. The molecule has 0 saturated heterocycles. The molecular formula is C21H32N6O. The number of hydrogen-bond donors (Lipinski definition) is 2. The lowest BCUT2D eigenvalue weighted by molar-refractivity contribution is 0.0827. The lowest BCUT2D eigenvalue weighted by Crippen LogP contribution is -2.38. The van der Waals surface area contributed by atoms with Gasteiger partial charge >= 0.3 is 0 Å². The molecule has 0 radical (unpaired) electrons. The number of nitrogens with one attached hydrogen (secondary N) is 2. The number of carbonyl (C=O) groups is 1. The van der Waals surface area contributed by atoms with Crippen molar-refractivity contribution < 1.29 is 4.79 Å². The van der Waals surface area contributed by atoms with Crippen LogP contribution in [0.15, 0.2) is 41.7 Å². The minimum Gasteiger partial charge on any atom is -0.356 e. The summed E-state index contributed by atoms with van der Waals surface area (Å²) in [6.45, 7) is 6.68. The van der Waals surface area contributed by atoms with Gasteiger partial charge in [-0.25, -0.2) is 4.98 Å². The van der Waals surface area contributed by atoms with Crippen LogP contribution in [-0.4, -0.2) is 54.0 Å². The number of guanidine groups is 1. The first-order chi connectivity index (χ1) is 13.4. The fourth-order valence-electron chi connectivity index (χ4n) is 2.89. The van der Waals surface area contributed by atoms with Crippen LogP contribution in [0.3, 0.4) is 0 Å². The first-order valence-corrected chi connectivity index (χ1v) is 9.65. The Morgan fingerprint density at radius 3 is 2.75 bits per heavy atom. The molecule has 0 bridgehead atoms. The zero-order valence-electron chi connectivity index (χ0n) is 17.6. The molecule has 2 aromatic rings. The molecule has 7 nitrogen and oxygen atoms in total. The van der Waals surface area contributed by atoms with Gasteiger partial charge in [-0.15, -0.1) is 0 Å². The smallest absolute Gasteiger partial charge is 0.253 e. The normalized spacial score (nSPS) is 11.6. The van der Waals surface area contributed by atoms with E-state index in [0.29, 0.717) is 18.0 Å². The highest BCUT2D eigenvalue weighted by molar-refractivity contribution is 5.94. The summed E-state index contributed by atoms with van der Waals surface area (Å²) in [7, 11) is 5.28. The minimum atomic E-state index is 0.0178. The first-order valence-electron chi connectivity index (χ1n) is 9.65. The SMILES string of the molecule is CN=C(NCCc1cccc(C(=O)N(C)C)c1)NCc1nccn1CC(C)C. The highest BCUT2D eigenvalue weighted by atomic mass is 16.2. The molecule has 0 aliphatic heterocycles. The third kappa shape index (κ3) is 6.40. The van der Waals surface area contributed by atoms with E-state index in [1.165, 1.54) is 0 Å². The Morgan fingerprint density at radius 2 is 2.07 bits per heavy atom. The van der Waals surface area contributed by atoms with E-state index in [1.807, 2.05) is 36.7 Å². The molecule has 0 unspecified atom stereocenters. The van der Waals surface area contributed by atoms with Gasteiger partial charge < -0.3 is 20.1 Å². The molecule has 1 heterocycles.